The van der Waals surface area contributed by atoms with Gasteiger partial charge in [0.25, 0.3) is 0 Å². The van der Waals surface area contributed by atoms with Gasteiger partial charge in [0.15, 0.2) is 0 Å². The lowest BCUT2D eigenvalue weighted by molar-refractivity contribution is -0.128. The summed E-state index contributed by atoms with van der Waals surface area (Å²) in [5.74, 6) is -1.02. The molecule has 1 fully saturated rings. The summed E-state index contributed by atoms with van der Waals surface area (Å²) in [6.07, 6.45) is 3.40. The van der Waals surface area contributed by atoms with Crippen molar-refractivity contribution in [2.24, 2.45) is 0 Å². The predicted molar refractivity (Wildman–Crippen MR) is 69.9 cm³/mol. The number of aromatic nitrogens is 1. The van der Waals surface area contributed by atoms with Gasteiger partial charge in [-0.15, -0.1) is 0 Å². The highest BCUT2D eigenvalue weighted by Gasteiger charge is 2.19. The van der Waals surface area contributed by atoms with E-state index in [1.165, 1.54) is 12.3 Å². The molecule has 1 aromatic heterocycles. The van der Waals surface area contributed by atoms with Crippen LogP contribution in [-0.2, 0) is 4.79 Å². The molecule has 0 bridgehead atoms. The summed E-state index contributed by atoms with van der Waals surface area (Å²) in [6, 6.07) is 1.32. The maximum absolute atomic E-state index is 11.8. The van der Waals surface area contributed by atoms with Gasteiger partial charge >= 0.3 is 5.97 Å². The molecule has 1 aromatic rings. The maximum Gasteiger partial charge on any atom is 0.339 e. The Labute approximate surface area is 110 Å². The van der Waals surface area contributed by atoms with Gasteiger partial charge in [0.2, 0.25) is 5.91 Å². The second kappa shape index (κ2) is 5.55. The second-order valence-corrected chi connectivity index (χ2v) is 4.41. The van der Waals surface area contributed by atoms with Crippen LogP contribution in [-0.4, -0.2) is 46.5 Å². The number of nitrogens with zero attached hydrogens (tertiary/aromatic N) is 2. The van der Waals surface area contributed by atoms with Crippen LogP contribution < -0.4 is 11.1 Å². The van der Waals surface area contributed by atoms with E-state index in [-0.39, 0.29) is 29.5 Å². The van der Waals surface area contributed by atoms with Gasteiger partial charge in [0.05, 0.1) is 18.4 Å². The van der Waals surface area contributed by atoms with Crippen molar-refractivity contribution in [2.45, 2.75) is 12.8 Å². The van der Waals surface area contributed by atoms with E-state index in [1.807, 2.05) is 0 Å². The Balaban J connectivity index is 2.02. The first-order valence-electron chi connectivity index (χ1n) is 6.08. The SMILES string of the molecule is Nc1cnc(NCC(=O)N2CCCC2)c(C(=O)O)c1. The molecule has 0 atom stereocenters. The summed E-state index contributed by atoms with van der Waals surface area (Å²) in [5, 5.41) is 11.8. The van der Waals surface area contributed by atoms with Crippen LogP contribution in [0.25, 0.3) is 0 Å². The molecule has 0 unspecified atom stereocenters. The summed E-state index contributed by atoms with van der Waals surface area (Å²) in [7, 11) is 0. The molecule has 4 N–H and O–H groups in total. The van der Waals surface area contributed by atoms with E-state index in [4.69, 9.17) is 10.8 Å². The van der Waals surface area contributed by atoms with Crippen LogP contribution in [0.2, 0.25) is 0 Å². The van der Waals surface area contributed by atoms with Gasteiger partial charge in [-0.1, -0.05) is 0 Å². The molecule has 1 amide bonds. The number of aromatic carboxylic acids is 1. The lowest BCUT2D eigenvalue weighted by atomic mass is 10.2. The molecule has 19 heavy (non-hydrogen) atoms. The minimum atomic E-state index is -1.13. The summed E-state index contributed by atoms with van der Waals surface area (Å²) >= 11 is 0. The van der Waals surface area contributed by atoms with Crippen LogP contribution in [0.1, 0.15) is 23.2 Å². The molecule has 1 aliphatic heterocycles. The van der Waals surface area contributed by atoms with E-state index in [9.17, 15) is 9.59 Å². The number of nitrogen functional groups attached to an aromatic ring is 1. The number of hydrogen-bond acceptors (Lipinski definition) is 5. The largest absolute Gasteiger partial charge is 0.478 e. The van der Waals surface area contributed by atoms with Crippen LogP contribution in [0.5, 0.6) is 0 Å². The van der Waals surface area contributed by atoms with Gasteiger partial charge in [0.1, 0.15) is 11.4 Å². The minimum absolute atomic E-state index is 0.0331. The van der Waals surface area contributed by atoms with E-state index < -0.39 is 5.97 Å². The summed E-state index contributed by atoms with van der Waals surface area (Å²) in [6.45, 7) is 1.57. The van der Waals surface area contributed by atoms with Gasteiger partial charge in [0, 0.05) is 13.1 Å². The monoisotopic (exact) mass is 264 g/mol. The fourth-order valence-corrected chi connectivity index (χ4v) is 2.02. The maximum atomic E-state index is 11.8. The Morgan fingerprint density at radius 1 is 1.42 bits per heavy atom. The average molecular weight is 264 g/mol. The summed E-state index contributed by atoms with van der Waals surface area (Å²) < 4.78 is 0. The molecule has 0 saturated carbocycles. The Kier molecular flexibility index (Phi) is 3.84. The van der Waals surface area contributed by atoms with Crippen molar-refractivity contribution in [2.75, 3.05) is 30.7 Å². The van der Waals surface area contributed by atoms with Crippen LogP contribution in [0.4, 0.5) is 11.5 Å². The molecule has 0 aliphatic carbocycles. The number of pyridine rings is 1. The molecule has 2 rings (SSSR count). The number of carboxylic acids is 1. The number of hydrogen-bond donors (Lipinski definition) is 3. The molecule has 7 nitrogen and oxygen atoms in total. The lowest BCUT2D eigenvalue weighted by Crippen LogP contribution is -2.33. The third-order valence-electron chi connectivity index (χ3n) is 3.01. The standard InChI is InChI=1S/C12H16N4O3/c13-8-5-9(12(18)19)11(14-6-8)15-7-10(17)16-3-1-2-4-16/h5-6H,1-4,7,13H2,(H,14,15)(H,18,19). The number of rotatable bonds is 4. The zero-order valence-electron chi connectivity index (χ0n) is 10.4. The Hall–Kier alpha value is -2.31. The van der Waals surface area contributed by atoms with Gasteiger partial charge < -0.3 is 21.1 Å². The van der Waals surface area contributed by atoms with Crippen molar-refractivity contribution < 1.29 is 14.7 Å². The zero-order chi connectivity index (χ0) is 13.8. The topological polar surface area (TPSA) is 109 Å². The molecule has 1 aliphatic rings. The fourth-order valence-electron chi connectivity index (χ4n) is 2.02. The van der Waals surface area contributed by atoms with Crippen molar-refractivity contribution in [3.63, 3.8) is 0 Å². The number of likely N-dealkylation sites (tertiary alicyclic amines) is 1. The first-order valence-corrected chi connectivity index (χ1v) is 6.08. The molecule has 7 heteroatoms. The Morgan fingerprint density at radius 2 is 2.11 bits per heavy atom. The second-order valence-electron chi connectivity index (χ2n) is 4.41. The average Bonchev–Trinajstić information content (AvgIpc) is 2.90. The highest BCUT2D eigenvalue weighted by atomic mass is 16.4. The first-order chi connectivity index (χ1) is 9.08. The summed E-state index contributed by atoms with van der Waals surface area (Å²) in [5.41, 5.74) is 5.73. The number of anilines is 2. The molecule has 2 heterocycles. The van der Waals surface area contributed by atoms with Crippen LogP contribution in [0, 0.1) is 0 Å². The number of carbonyl (C=O) groups excluding carboxylic acids is 1. The van der Waals surface area contributed by atoms with Crippen molar-refractivity contribution in [1.82, 2.24) is 9.88 Å². The molecular formula is C12H16N4O3. The van der Waals surface area contributed by atoms with Gasteiger partial charge in [-0.25, -0.2) is 9.78 Å². The zero-order valence-corrected chi connectivity index (χ0v) is 10.4. The smallest absolute Gasteiger partial charge is 0.339 e. The van der Waals surface area contributed by atoms with Gasteiger partial charge in [-0.2, -0.15) is 0 Å². The van der Waals surface area contributed by atoms with Crippen LogP contribution in [0.3, 0.4) is 0 Å². The van der Waals surface area contributed by atoms with Gasteiger partial charge in [-0.3, -0.25) is 4.79 Å². The van der Waals surface area contributed by atoms with Crippen molar-refractivity contribution in [3.05, 3.63) is 17.8 Å². The Morgan fingerprint density at radius 3 is 2.74 bits per heavy atom. The normalized spacial score (nSPS) is 14.4. The first kappa shape index (κ1) is 13.1. The third kappa shape index (κ3) is 3.12. The van der Waals surface area contributed by atoms with Crippen molar-refractivity contribution >= 4 is 23.4 Å². The summed E-state index contributed by atoms with van der Waals surface area (Å²) in [4.78, 5) is 28.5. The van der Waals surface area contributed by atoms with E-state index in [1.54, 1.807) is 4.90 Å². The van der Waals surface area contributed by atoms with E-state index in [2.05, 4.69) is 10.3 Å². The van der Waals surface area contributed by atoms with Crippen LogP contribution >= 0.6 is 0 Å². The fraction of sp³-hybridized carbons (Fsp3) is 0.417. The molecule has 102 valence electrons. The van der Waals surface area contributed by atoms with Crippen LogP contribution in [0.15, 0.2) is 12.3 Å². The van der Waals surface area contributed by atoms with Crippen molar-refractivity contribution in [3.8, 4) is 0 Å². The van der Waals surface area contributed by atoms with Crippen molar-refractivity contribution in [1.29, 1.82) is 0 Å². The number of amides is 1. The number of carboxylic acid groups (broad SMARTS) is 1. The van der Waals surface area contributed by atoms with E-state index >= 15 is 0 Å². The highest BCUT2D eigenvalue weighted by Crippen LogP contribution is 2.15. The molecule has 0 radical (unpaired) electrons. The minimum Gasteiger partial charge on any atom is -0.478 e. The third-order valence-corrected chi connectivity index (χ3v) is 3.01. The van der Waals surface area contributed by atoms with E-state index in [0.717, 1.165) is 25.9 Å². The molecule has 1 saturated heterocycles. The Bertz CT molecular complexity index is 498. The molecular weight excluding hydrogens is 248 g/mol. The quantitative estimate of drug-likeness (QED) is 0.726. The molecule has 0 spiro atoms. The number of nitrogens with one attached hydrogen (secondary N) is 1. The number of carbonyl (C=O) groups is 2. The molecule has 0 aromatic carbocycles. The number of nitrogens with two attached hydrogens (primary N) is 1. The lowest BCUT2D eigenvalue weighted by Gasteiger charge is -2.16. The van der Waals surface area contributed by atoms with E-state index in [0.29, 0.717) is 0 Å². The predicted octanol–water partition coefficient (Wildman–Crippen LogP) is 0.396. The highest BCUT2D eigenvalue weighted by molar-refractivity contribution is 5.94. The van der Waals surface area contributed by atoms with Gasteiger partial charge in [-0.05, 0) is 18.9 Å².